The number of carbonyl (C=O) groups excluding carboxylic acids is 3. The van der Waals surface area contributed by atoms with Crippen LogP contribution in [0.1, 0.15) is 27.6 Å². The van der Waals surface area contributed by atoms with Crippen molar-refractivity contribution in [3.05, 3.63) is 34.6 Å². The Morgan fingerprint density at radius 2 is 1.77 bits per heavy atom. The molecule has 0 aliphatic carbocycles. The third-order valence-corrected chi connectivity index (χ3v) is 3.73. The molecule has 0 radical (unpaired) electrons. The van der Waals surface area contributed by atoms with E-state index in [1.165, 1.54) is 4.90 Å². The van der Waals surface area contributed by atoms with Crippen molar-refractivity contribution in [2.24, 2.45) is 0 Å². The molecule has 26 heavy (non-hydrogen) atoms. The molecule has 0 bridgehead atoms. The summed E-state index contributed by atoms with van der Waals surface area (Å²) < 4.78 is 56.3. The summed E-state index contributed by atoms with van der Waals surface area (Å²) in [5.74, 6) is -7.63. The van der Waals surface area contributed by atoms with Crippen molar-refractivity contribution in [2.75, 3.05) is 33.4 Å². The lowest BCUT2D eigenvalue weighted by molar-refractivity contribution is 0.0159. The summed E-state index contributed by atoms with van der Waals surface area (Å²) in [6.45, 7) is 2.17. The van der Waals surface area contributed by atoms with E-state index in [-0.39, 0.29) is 13.1 Å². The molecule has 0 unspecified atom stereocenters. The third kappa shape index (κ3) is 3.96. The van der Waals surface area contributed by atoms with Gasteiger partial charge in [0.15, 0.2) is 17.7 Å². The van der Waals surface area contributed by atoms with E-state index in [1.807, 2.05) is 0 Å². The van der Waals surface area contributed by atoms with Gasteiger partial charge in [-0.05, 0) is 13.0 Å². The minimum Gasteiger partial charge on any atom is -0.465 e. The van der Waals surface area contributed by atoms with Crippen LogP contribution in [-0.2, 0) is 14.2 Å². The minimum absolute atomic E-state index is 0.241. The average molecular weight is 375 g/mol. The maximum atomic E-state index is 14.1. The highest BCUT2D eigenvalue weighted by Crippen LogP contribution is 2.23. The summed E-state index contributed by atoms with van der Waals surface area (Å²) in [5, 5.41) is 0. The van der Waals surface area contributed by atoms with Gasteiger partial charge in [0, 0.05) is 13.1 Å². The highest BCUT2D eigenvalue weighted by molar-refractivity contribution is 6.01. The molecule has 0 saturated carbocycles. The maximum absolute atomic E-state index is 14.1. The average Bonchev–Trinajstić information content (AvgIpc) is 2.64. The first kappa shape index (κ1) is 19.7. The summed E-state index contributed by atoms with van der Waals surface area (Å²) in [5.41, 5.74) is -2.23. The van der Waals surface area contributed by atoms with Crippen molar-refractivity contribution >= 4 is 17.8 Å². The molecule has 1 aromatic rings. The van der Waals surface area contributed by atoms with E-state index in [2.05, 4.69) is 4.74 Å². The number of ether oxygens (including phenoxy) is 3. The second kappa shape index (κ2) is 8.17. The molecule has 1 fully saturated rings. The molecule has 0 spiro atoms. The van der Waals surface area contributed by atoms with E-state index in [0.717, 1.165) is 14.0 Å². The zero-order chi connectivity index (χ0) is 19.4. The first-order chi connectivity index (χ1) is 12.3. The number of hydrogen-bond acceptors (Lipinski definition) is 6. The standard InChI is InChI=1S/C16H16F3NO6/c1-8(26-16(23)20-3-5-25-6-4-20)14(21)11-10(17)7-9(15(22)24-2)12(18)13(11)19/h7-8H,3-6H2,1-2H3/t8-/m0/s1. The number of benzene rings is 1. The van der Waals surface area contributed by atoms with E-state index in [4.69, 9.17) is 9.47 Å². The predicted octanol–water partition coefficient (Wildman–Crippen LogP) is 1.93. The molecule has 1 aliphatic heterocycles. The number of Topliss-reactive ketones (excluding diaryl/α,β-unsaturated/α-hetero) is 1. The van der Waals surface area contributed by atoms with Crippen LogP contribution in [-0.4, -0.2) is 62.3 Å². The molecular formula is C16H16F3NO6. The second-order valence-corrected chi connectivity index (χ2v) is 5.39. The summed E-state index contributed by atoms with van der Waals surface area (Å²) in [4.78, 5) is 36.7. The van der Waals surface area contributed by atoms with E-state index in [1.54, 1.807) is 0 Å². The zero-order valence-electron chi connectivity index (χ0n) is 14.0. The van der Waals surface area contributed by atoms with Crippen molar-refractivity contribution in [2.45, 2.75) is 13.0 Å². The Kier molecular flexibility index (Phi) is 6.19. The normalized spacial score (nSPS) is 15.3. The Hall–Kier alpha value is -2.62. The van der Waals surface area contributed by atoms with Crippen molar-refractivity contribution in [3.63, 3.8) is 0 Å². The number of esters is 1. The van der Waals surface area contributed by atoms with Gasteiger partial charge in [-0.3, -0.25) is 4.79 Å². The first-order valence-electron chi connectivity index (χ1n) is 7.61. The lowest BCUT2D eigenvalue weighted by atomic mass is 10.0. The lowest BCUT2D eigenvalue weighted by Gasteiger charge is -2.27. The maximum Gasteiger partial charge on any atom is 0.410 e. The van der Waals surface area contributed by atoms with Crippen LogP contribution in [0.2, 0.25) is 0 Å². The Morgan fingerprint density at radius 3 is 2.35 bits per heavy atom. The number of ketones is 1. The predicted molar refractivity (Wildman–Crippen MR) is 80.3 cm³/mol. The van der Waals surface area contributed by atoms with Crippen LogP contribution < -0.4 is 0 Å². The molecule has 0 aromatic heterocycles. The number of amides is 1. The van der Waals surface area contributed by atoms with Gasteiger partial charge in [-0.15, -0.1) is 0 Å². The van der Waals surface area contributed by atoms with Crippen molar-refractivity contribution in [3.8, 4) is 0 Å². The Bertz CT molecular complexity index is 733. The second-order valence-electron chi connectivity index (χ2n) is 5.39. The van der Waals surface area contributed by atoms with Gasteiger partial charge in [-0.25, -0.2) is 22.8 Å². The molecule has 7 nitrogen and oxygen atoms in total. The molecule has 142 valence electrons. The molecule has 1 atom stereocenters. The van der Waals surface area contributed by atoms with Crippen LogP contribution in [0.4, 0.5) is 18.0 Å². The molecule has 1 amide bonds. The van der Waals surface area contributed by atoms with Gasteiger partial charge in [0.25, 0.3) is 0 Å². The van der Waals surface area contributed by atoms with E-state index >= 15 is 0 Å². The topological polar surface area (TPSA) is 82.1 Å². The summed E-state index contributed by atoms with van der Waals surface area (Å²) in [6.07, 6.45) is -2.43. The Morgan fingerprint density at radius 1 is 1.15 bits per heavy atom. The first-order valence-corrected chi connectivity index (χ1v) is 7.61. The molecule has 10 heteroatoms. The van der Waals surface area contributed by atoms with Gasteiger partial charge in [0.05, 0.1) is 25.9 Å². The van der Waals surface area contributed by atoms with Gasteiger partial charge in [-0.1, -0.05) is 0 Å². The fraction of sp³-hybridized carbons (Fsp3) is 0.438. The number of halogens is 3. The summed E-state index contributed by atoms with van der Waals surface area (Å²) in [7, 11) is 0.907. The van der Waals surface area contributed by atoms with E-state index in [0.29, 0.717) is 19.3 Å². The van der Waals surface area contributed by atoms with Gasteiger partial charge in [0.1, 0.15) is 11.4 Å². The highest BCUT2D eigenvalue weighted by atomic mass is 19.2. The molecule has 1 heterocycles. The highest BCUT2D eigenvalue weighted by Gasteiger charge is 2.32. The quantitative estimate of drug-likeness (QED) is 0.454. The third-order valence-electron chi connectivity index (χ3n) is 3.73. The number of rotatable bonds is 4. The summed E-state index contributed by atoms with van der Waals surface area (Å²) >= 11 is 0. The number of hydrogen-bond donors (Lipinski definition) is 0. The molecule has 1 aliphatic rings. The van der Waals surface area contributed by atoms with Crippen LogP contribution in [0.3, 0.4) is 0 Å². The van der Waals surface area contributed by atoms with Gasteiger partial charge >= 0.3 is 12.1 Å². The largest absolute Gasteiger partial charge is 0.465 e. The van der Waals surface area contributed by atoms with Crippen LogP contribution >= 0.6 is 0 Å². The van der Waals surface area contributed by atoms with Crippen LogP contribution in [0.15, 0.2) is 6.07 Å². The fourth-order valence-electron chi connectivity index (χ4n) is 2.31. The Balaban J connectivity index is 2.21. The van der Waals surface area contributed by atoms with Crippen LogP contribution in [0, 0.1) is 17.5 Å². The van der Waals surface area contributed by atoms with Crippen molar-refractivity contribution < 1.29 is 41.8 Å². The molecule has 0 N–H and O–H groups in total. The van der Waals surface area contributed by atoms with Crippen molar-refractivity contribution in [1.82, 2.24) is 4.90 Å². The van der Waals surface area contributed by atoms with Gasteiger partial charge in [-0.2, -0.15) is 0 Å². The number of carbonyl (C=O) groups is 3. The number of methoxy groups -OCH3 is 1. The molecule has 2 rings (SSSR count). The number of nitrogens with zero attached hydrogens (tertiary/aromatic N) is 1. The van der Waals surface area contributed by atoms with Crippen LogP contribution in [0.5, 0.6) is 0 Å². The van der Waals surface area contributed by atoms with Gasteiger partial charge in [0.2, 0.25) is 5.78 Å². The van der Waals surface area contributed by atoms with Gasteiger partial charge < -0.3 is 19.1 Å². The zero-order valence-corrected chi connectivity index (χ0v) is 14.0. The monoisotopic (exact) mass is 375 g/mol. The fourth-order valence-corrected chi connectivity index (χ4v) is 2.31. The SMILES string of the molecule is COC(=O)c1cc(F)c(C(=O)[C@H](C)OC(=O)N2CCOCC2)c(F)c1F. The number of morpholine rings is 1. The van der Waals surface area contributed by atoms with Crippen molar-refractivity contribution in [1.29, 1.82) is 0 Å². The van der Waals surface area contributed by atoms with E-state index < -0.39 is 52.5 Å². The lowest BCUT2D eigenvalue weighted by Crippen LogP contribution is -2.43. The molecule has 1 saturated heterocycles. The summed E-state index contributed by atoms with van der Waals surface area (Å²) in [6, 6.07) is 0.355. The van der Waals surface area contributed by atoms with Crippen LogP contribution in [0.25, 0.3) is 0 Å². The molecule has 1 aromatic carbocycles. The van der Waals surface area contributed by atoms with E-state index in [9.17, 15) is 27.6 Å². The smallest absolute Gasteiger partial charge is 0.410 e. The Labute approximate surface area is 146 Å². The minimum atomic E-state index is -1.86. The molecular weight excluding hydrogens is 359 g/mol.